The largest absolute Gasteiger partial charge is 0.493 e. The lowest BCUT2D eigenvalue weighted by Crippen LogP contribution is -2.12. The topological polar surface area (TPSA) is 113 Å². The summed E-state index contributed by atoms with van der Waals surface area (Å²) in [6.45, 7) is 1.49. The number of carbonyl (C=O) groups excluding carboxylic acids is 1. The molecular weight excluding hydrogens is 338 g/mol. The van der Waals surface area contributed by atoms with Crippen molar-refractivity contribution in [1.29, 1.82) is 0 Å². The average molecular weight is 351 g/mol. The molecule has 0 saturated carbocycles. The Hall–Kier alpha value is -2.94. The highest BCUT2D eigenvalue weighted by atomic mass is 32.2. The van der Waals surface area contributed by atoms with Crippen molar-refractivity contribution in [3.8, 4) is 11.5 Å². The molecule has 0 spiro atoms. The second-order valence-corrected chi connectivity index (χ2v) is 6.29. The summed E-state index contributed by atoms with van der Waals surface area (Å²) in [6.07, 6.45) is 0.575. The Balaban J connectivity index is 2.48. The highest BCUT2D eigenvalue weighted by Gasteiger charge is 2.24. The zero-order valence-electron chi connectivity index (χ0n) is 12.8. The number of non-ortho nitro benzene ring substituents is 1. The Bertz CT molecular complexity index is 906. The summed E-state index contributed by atoms with van der Waals surface area (Å²) >= 11 is 0. The van der Waals surface area contributed by atoms with Gasteiger partial charge in [-0.3, -0.25) is 14.9 Å². The molecule has 8 nitrogen and oxygen atoms in total. The van der Waals surface area contributed by atoms with Gasteiger partial charge in [0.2, 0.25) is 0 Å². The van der Waals surface area contributed by atoms with E-state index in [9.17, 15) is 23.3 Å². The lowest BCUT2D eigenvalue weighted by molar-refractivity contribution is -0.385. The van der Waals surface area contributed by atoms with Gasteiger partial charge in [0.1, 0.15) is 11.2 Å². The number of benzene rings is 2. The Morgan fingerprint density at radius 3 is 2.42 bits per heavy atom. The van der Waals surface area contributed by atoms with E-state index in [1.165, 1.54) is 44.4 Å². The summed E-state index contributed by atoms with van der Waals surface area (Å²) in [5.74, 6) is -0.0831. The van der Waals surface area contributed by atoms with Crippen LogP contribution in [-0.4, -0.2) is 26.7 Å². The van der Waals surface area contributed by atoms with Crippen LogP contribution in [-0.2, 0) is 10.1 Å². The fraction of sp³-hybridized carbons (Fsp3) is 0.133. The molecule has 0 aliphatic carbocycles. The number of nitrogens with zero attached hydrogens (tertiary/aromatic N) is 1. The summed E-state index contributed by atoms with van der Waals surface area (Å²) in [7, 11) is -3.03. The summed E-state index contributed by atoms with van der Waals surface area (Å²) in [5, 5.41) is 10.8. The van der Waals surface area contributed by atoms with E-state index in [0.29, 0.717) is 11.8 Å². The second-order valence-electron chi connectivity index (χ2n) is 4.77. The standard InChI is InChI=1S/C15H13NO7S/c1-10-3-5-12(16(18)19)8-15(10)24(20,21)23-13-6-4-11(9-17)7-14(13)22-2/h3-9H,1-2H3. The van der Waals surface area contributed by atoms with E-state index in [-0.39, 0.29) is 27.6 Å². The molecule has 0 aliphatic rings. The van der Waals surface area contributed by atoms with Crippen LogP contribution >= 0.6 is 0 Å². The molecule has 0 unspecified atom stereocenters. The maximum absolute atomic E-state index is 12.4. The molecule has 0 atom stereocenters. The second kappa shape index (κ2) is 6.67. The van der Waals surface area contributed by atoms with Crippen LogP contribution in [0.15, 0.2) is 41.3 Å². The van der Waals surface area contributed by atoms with Gasteiger partial charge in [-0.1, -0.05) is 6.07 Å². The highest BCUT2D eigenvalue weighted by molar-refractivity contribution is 7.87. The third-order valence-electron chi connectivity index (χ3n) is 3.18. The van der Waals surface area contributed by atoms with Crippen molar-refractivity contribution in [1.82, 2.24) is 0 Å². The van der Waals surface area contributed by atoms with E-state index in [0.717, 1.165) is 6.07 Å². The first kappa shape index (κ1) is 17.4. The predicted molar refractivity (Wildman–Crippen MR) is 84.0 cm³/mol. The van der Waals surface area contributed by atoms with Gasteiger partial charge < -0.3 is 8.92 Å². The molecule has 0 saturated heterocycles. The molecule has 0 aliphatic heterocycles. The lowest BCUT2D eigenvalue weighted by atomic mass is 10.2. The molecule has 2 aromatic carbocycles. The van der Waals surface area contributed by atoms with Crippen LogP contribution in [0.25, 0.3) is 0 Å². The summed E-state index contributed by atoms with van der Waals surface area (Å²) in [5.41, 5.74) is 0.207. The van der Waals surface area contributed by atoms with Gasteiger partial charge in [-0.25, -0.2) is 0 Å². The molecule has 0 amide bonds. The van der Waals surface area contributed by atoms with Crippen LogP contribution in [0.1, 0.15) is 15.9 Å². The van der Waals surface area contributed by atoms with Crippen LogP contribution in [0.3, 0.4) is 0 Å². The molecule has 2 rings (SSSR count). The number of methoxy groups -OCH3 is 1. The van der Waals surface area contributed by atoms with Gasteiger partial charge >= 0.3 is 10.1 Å². The zero-order valence-corrected chi connectivity index (χ0v) is 13.6. The molecule has 0 heterocycles. The first-order valence-electron chi connectivity index (χ1n) is 6.61. The molecule has 126 valence electrons. The first-order chi connectivity index (χ1) is 11.3. The van der Waals surface area contributed by atoms with Gasteiger partial charge in [0.05, 0.1) is 12.0 Å². The SMILES string of the molecule is COc1cc(C=O)ccc1OS(=O)(=O)c1cc([N+](=O)[O-])ccc1C. The molecular formula is C15H13NO7S. The Labute approximate surface area is 137 Å². The minimum absolute atomic E-state index is 0.0475. The van der Waals surface area contributed by atoms with Crippen molar-refractivity contribution < 1.29 is 27.1 Å². The number of aldehydes is 1. The average Bonchev–Trinajstić information content (AvgIpc) is 2.54. The fourth-order valence-electron chi connectivity index (χ4n) is 1.96. The summed E-state index contributed by atoms with van der Waals surface area (Å²) < 4.78 is 34.9. The zero-order chi connectivity index (χ0) is 17.9. The monoisotopic (exact) mass is 351 g/mol. The molecule has 0 N–H and O–H groups in total. The van der Waals surface area contributed by atoms with Crippen molar-refractivity contribution in [2.45, 2.75) is 11.8 Å². The molecule has 0 bridgehead atoms. The predicted octanol–water partition coefficient (Wildman–Crippen LogP) is 2.49. The minimum atomic E-state index is -4.32. The van der Waals surface area contributed by atoms with Gasteiger partial charge in [-0.05, 0) is 30.7 Å². The molecule has 0 radical (unpaired) electrons. The maximum Gasteiger partial charge on any atom is 0.339 e. The van der Waals surface area contributed by atoms with Crippen molar-refractivity contribution >= 4 is 22.1 Å². The number of nitro groups is 1. The molecule has 0 fully saturated rings. The van der Waals surface area contributed by atoms with E-state index < -0.39 is 15.0 Å². The third kappa shape index (κ3) is 3.51. The van der Waals surface area contributed by atoms with Crippen molar-refractivity contribution in [2.75, 3.05) is 7.11 Å². The summed E-state index contributed by atoms with van der Waals surface area (Å²) in [6, 6.07) is 7.40. The van der Waals surface area contributed by atoms with Crippen molar-refractivity contribution in [3.05, 3.63) is 57.6 Å². The van der Waals surface area contributed by atoms with Gasteiger partial charge in [0.15, 0.2) is 11.5 Å². The normalized spacial score (nSPS) is 10.9. The minimum Gasteiger partial charge on any atom is -0.493 e. The van der Waals surface area contributed by atoms with Crippen LogP contribution in [0.2, 0.25) is 0 Å². The number of ether oxygens (including phenoxy) is 1. The maximum atomic E-state index is 12.4. The van der Waals surface area contributed by atoms with Crippen molar-refractivity contribution in [2.24, 2.45) is 0 Å². The Morgan fingerprint density at radius 1 is 1.12 bits per heavy atom. The smallest absolute Gasteiger partial charge is 0.339 e. The Morgan fingerprint density at radius 2 is 1.83 bits per heavy atom. The highest BCUT2D eigenvalue weighted by Crippen LogP contribution is 2.32. The third-order valence-corrected chi connectivity index (χ3v) is 4.55. The quantitative estimate of drug-likeness (QED) is 0.340. The number of aryl methyl sites for hydroxylation is 1. The van der Waals surface area contributed by atoms with Gasteiger partial charge in [0.25, 0.3) is 5.69 Å². The number of hydrogen-bond acceptors (Lipinski definition) is 7. The molecule has 9 heteroatoms. The molecule has 0 aromatic heterocycles. The van der Waals surface area contributed by atoms with E-state index >= 15 is 0 Å². The van der Waals surface area contributed by atoms with Crippen LogP contribution in [0.4, 0.5) is 5.69 Å². The molecule has 2 aromatic rings. The van der Waals surface area contributed by atoms with Crippen molar-refractivity contribution in [3.63, 3.8) is 0 Å². The van der Waals surface area contributed by atoms with E-state index in [1.807, 2.05) is 0 Å². The van der Waals surface area contributed by atoms with Crippen LogP contribution in [0.5, 0.6) is 11.5 Å². The van der Waals surface area contributed by atoms with E-state index in [2.05, 4.69) is 0 Å². The van der Waals surface area contributed by atoms with E-state index in [1.54, 1.807) is 0 Å². The molecule has 24 heavy (non-hydrogen) atoms. The number of rotatable bonds is 6. The van der Waals surface area contributed by atoms with Gasteiger partial charge in [-0.15, -0.1) is 0 Å². The van der Waals surface area contributed by atoms with Crippen LogP contribution < -0.4 is 8.92 Å². The van der Waals surface area contributed by atoms with E-state index in [4.69, 9.17) is 8.92 Å². The fourth-order valence-corrected chi connectivity index (χ4v) is 3.15. The first-order valence-corrected chi connectivity index (χ1v) is 8.02. The van der Waals surface area contributed by atoms with Gasteiger partial charge in [0, 0.05) is 17.7 Å². The number of hydrogen-bond donors (Lipinski definition) is 0. The summed E-state index contributed by atoms with van der Waals surface area (Å²) in [4.78, 5) is 20.6. The van der Waals surface area contributed by atoms with Gasteiger partial charge in [-0.2, -0.15) is 8.42 Å². The Kier molecular flexibility index (Phi) is 4.84. The van der Waals surface area contributed by atoms with Crippen LogP contribution in [0, 0.1) is 17.0 Å². The lowest BCUT2D eigenvalue weighted by Gasteiger charge is -2.12. The number of carbonyl (C=O) groups is 1. The number of nitro benzene ring substituents is 1.